The van der Waals surface area contributed by atoms with E-state index in [2.05, 4.69) is 30.4 Å². The third-order valence-corrected chi connectivity index (χ3v) is 15.5. The Labute approximate surface area is 245 Å². The first kappa shape index (κ1) is 26.3. The molecule has 200 valence electrons. The second-order valence-corrected chi connectivity index (χ2v) is 17.1. The van der Waals surface area contributed by atoms with E-state index in [4.69, 9.17) is 0 Å². The van der Waals surface area contributed by atoms with Crippen molar-refractivity contribution in [3.05, 3.63) is 169 Å². The van der Waals surface area contributed by atoms with Crippen LogP contribution in [0, 0.1) is 0 Å². The lowest BCUT2D eigenvalue weighted by atomic mass is 9.92. The van der Waals surface area contributed by atoms with E-state index in [-0.39, 0.29) is 11.2 Å². The average Bonchev–Trinajstić information content (AvgIpc) is 3.43. The molecule has 0 amide bonds. The molecule has 2 atom stereocenters. The summed E-state index contributed by atoms with van der Waals surface area (Å²) in [4.78, 5) is 1.19. The maximum Gasteiger partial charge on any atom is 0.171 e. The molecule has 5 aromatic carbocycles. The monoisotopic (exact) mass is 586 g/mol. The highest BCUT2D eigenvalue weighted by atomic mass is 32.2. The SMILES string of the molecule is O=P(C1=CC2c3cc(P(=O)(c4ccccc4)c4ccccc4)ccc3SC2C=C1)(c1ccccc1)c1ccccc1. The molecular formula is C36H28O2P2S. The van der Waals surface area contributed by atoms with Gasteiger partial charge < -0.3 is 9.13 Å². The number of allylic oxidation sites excluding steroid dienone is 3. The second kappa shape index (κ2) is 10.7. The minimum atomic E-state index is -3.10. The van der Waals surface area contributed by atoms with Gasteiger partial charge in [0.1, 0.15) is 0 Å². The predicted molar refractivity (Wildman–Crippen MR) is 175 cm³/mol. The molecule has 1 aliphatic carbocycles. The van der Waals surface area contributed by atoms with Crippen molar-refractivity contribution in [3.8, 4) is 0 Å². The number of hydrogen-bond acceptors (Lipinski definition) is 3. The molecule has 0 saturated heterocycles. The van der Waals surface area contributed by atoms with Gasteiger partial charge in [0.15, 0.2) is 14.3 Å². The lowest BCUT2D eigenvalue weighted by molar-refractivity contribution is 0.590. The van der Waals surface area contributed by atoms with Crippen LogP contribution in [-0.4, -0.2) is 5.25 Å². The summed E-state index contributed by atoms with van der Waals surface area (Å²) in [7, 11) is -6.19. The zero-order valence-electron chi connectivity index (χ0n) is 22.3. The Morgan fingerprint density at radius 3 is 1.46 bits per heavy atom. The Morgan fingerprint density at radius 1 is 0.512 bits per heavy atom. The number of benzene rings is 5. The molecule has 2 aliphatic rings. The summed E-state index contributed by atoms with van der Waals surface area (Å²) in [6.07, 6.45) is 6.49. The Hall–Kier alpha value is -3.61. The fourth-order valence-electron chi connectivity index (χ4n) is 5.93. The lowest BCUT2D eigenvalue weighted by Crippen LogP contribution is -2.25. The van der Waals surface area contributed by atoms with Gasteiger partial charge in [0.2, 0.25) is 0 Å². The van der Waals surface area contributed by atoms with E-state index in [1.807, 2.05) is 139 Å². The molecule has 1 aliphatic heterocycles. The van der Waals surface area contributed by atoms with Gasteiger partial charge >= 0.3 is 0 Å². The summed E-state index contributed by atoms with van der Waals surface area (Å²) in [5.41, 5.74) is 1.15. The van der Waals surface area contributed by atoms with Crippen molar-refractivity contribution in [2.45, 2.75) is 16.1 Å². The molecule has 5 heteroatoms. The molecule has 1 heterocycles. The van der Waals surface area contributed by atoms with Crippen LogP contribution in [0.5, 0.6) is 0 Å². The van der Waals surface area contributed by atoms with Crippen molar-refractivity contribution < 1.29 is 9.13 Å². The molecule has 0 saturated carbocycles. The first-order valence-electron chi connectivity index (χ1n) is 13.7. The number of rotatable bonds is 6. The zero-order chi connectivity index (χ0) is 27.9. The van der Waals surface area contributed by atoms with Crippen LogP contribution in [0.3, 0.4) is 0 Å². The maximum atomic E-state index is 15.1. The van der Waals surface area contributed by atoms with Crippen LogP contribution in [0.4, 0.5) is 0 Å². The number of thioether (sulfide) groups is 1. The van der Waals surface area contributed by atoms with Crippen molar-refractivity contribution in [3.63, 3.8) is 0 Å². The fraction of sp³-hybridized carbons (Fsp3) is 0.0556. The summed E-state index contributed by atoms with van der Waals surface area (Å²) in [5, 5.41) is 5.20. The largest absolute Gasteiger partial charge is 0.309 e. The minimum Gasteiger partial charge on any atom is -0.309 e. The van der Waals surface area contributed by atoms with Crippen molar-refractivity contribution in [1.29, 1.82) is 0 Å². The maximum absolute atomic E-state index is 15.1. The van der Waals surface area contributed by atoms with Crippen LogP contribution in [0.25, 0.3) is 0 Å². The van der Waals surface area contributed by atoms with Gasteiger partial charge in [-0.1, -0.05) is 140 Å². The molecule has 7 rings (SSSR count). The van der Waals surface area contributed by atoms with Crippen molar-refractivity contribution in [1.82, 2.24) is 0 Å². The Balaban J connectivity index is 1.37. The standard InChI is InChI=1S/C36H28O2P2S/c37-39(27-13-5-1-6-14-27,28-15-7-2-8-16-28)31-21-23-35-33(25-31)34-26-32(22-24-36(34)41-35)40(38,29-17-9-3-10-18-29)30-19-11-4-12-20-30/h1-26,33,35H. The highest BCUT2D eigenvalue weighted by molar-refractivity contribution is 8.00. The third-order valence-electron chi connectivity index (χ3n) is 7.98. The summed E-state index contributed by atoms with van der Waals surface area (Å²) in [6, 6.07) is 45.6. The zero-order valence-corrected chi connectivity index (χ0v) is 24.9. The summed E-state index contributed by atoms with van der Waals surface area (Å²) in [5.74, 6) is 0.0377. The summed E-state index contributed by atoms with van der Waals surface area (Å²) >= 11 is 1.82. The lowest BCUT2D eigenvalue weighted by Gasteiger charge is -2.26. The summed E-state index contributed by atoms with van der Waals surface area (Å²) < 4.78 is 30.2. The van der Waals surface area contributed by atoms with Crippen LogP contribution < -0.4 is 26.5 Å². The first-order valence-corrected chi connectivity index (χ1v) is 18.0. The molecule has 0 radical (unpaired) electrons. The highest BCUT2D eigenvalue weighted by Crippen LogP contribution is 2.58. The molecule has 0 aromatic heterocycles. The van der Waals surface area contributed by atoms with Crippen LogP contribution in [0.15, 0.2) is 168 Å². The van der Waals surface area contributed by atoms with E-state index >= 15 is 9.13 Å². The van der Waals surface area contributed by atoms with Crippen LogP contribution >= 0.6 is 26.0 Å². The van der Waals surface area contributed by atoms with Gasteiger partial charge in [-0.3, -0.25) is 0 Å². The quantitative estimate of drug-likeness (QED) is 0.195. The first-order chi connectivity index (χ1) is 20.1. The molecule has 2 unspecified atom stereocenters. The van der Waals surface area contributed by atoms with Crippen molar-refractivity contribution in [2.24, 2.45) is 0 Å². The van der Waals surface area contributed by atoms with Gasteiger partial charge in [-0.15, -0.1) is 11.8 Å². The van der Waals surface area contributed by atoms with Gasteiger partial charge in [0.25, 0.3) is 0 Å². The van der Waals surface area contributed by atoms with Gasteiger partial charge in [-0.25, -0.2) is 0 Å². The van der Waals surface area contributed by atoms with E-state index in [0.29, 0.717) is 0 Å². The highest BCUT2D eigenvalue weighted by Gasteiger charge is 2.39. The average molecular weight is 587 g/mol. The van der Waals surface area contributed by atoms with Crippen LogP contribution in [0.2, 0.25) is 0 Å². The van der Waals surface area contributed by atoms with Gasteiger partial charge in [-0.2, -0.15) is 0 Å². The third kappa shape index (κ3) is 4.45. The molecular weight excluding hydrogens is 558 g/mol. The smallest absolute Gasteiger partial charge is 0.171 e. The van der Waals surface area contributed by atoms with Crippen molar-refractivity contribution >= 4 is 52.6 Å². The minimum absolute atomic E-state index is 0.0377. The Bertz CT molecular complexity index is 1780. The van der Waals surface area contributed by atoms with E-state index < -0.39 is 14.3 Å². The van der Waals surface area contributed by atoms with Gasteiger partial charge in [-0.05, 0) is 23.8 Å². The predicted octanol–water partition coefficient (Wildman–Crippen LogP) is 7.35. The van der Waals surface area contributed by atoms with Crippen LogP contribution in [-0.2, 0) is 9.13 Å². The van der Waals surface area contributed by atoms with Gasteiger partial charge in [0, 0.05) is 47.9 Å². The second-order valence-electron chi connectivity index (χ2n) is 10.3. The fourth-order valence-corrected chi connectivity index (χ4v) is 12.7. The molecule has 0 spiro atoms. The Kier molecular flexibility index (Phi) is 6.84. The summed E-state index contributed by atoms with van der Waals surface area (Å²) in [6.45, 7) is 0. The van der Waals surface area contributed by atoms with Gasteiger partial charge in [0.05, 0.1) is 0 Å². The van der Waals surface area contributed by atoms with E-state index in [1.165, 1.54) is 4.90 Å². The Morgan fingerprint density at radius 2 is 0.976 bits per heavy atom. The van der Waals surface area contributed by atoms with E-state index in [1.54, 1.807) is 0 Å². The molecule has 0 bridgehead atoms. The number of fused-ring (bicyclic) bond motifs is 3. The van der Waals surface area contributed by atoms with E-state index in [0.717, 1.165) is 37.4 Å². The van der Waals surface area contributed by atoms with E-state index in [9.17, 15) is 0 Å². The number of hydrogen-bond donors (Lipinski definition) is 0. The van der Waals surface area contributed by atoms with Crippen molar-refractivity contribution in [2.75, 3.05) is 0 Å². The van der Waals surface area contributed by atoms with Crippen LogP contribution in [0.1, 0.15) is 11.5 Å². The topological polar surface area (TPSA) is 34.1 Å². The molecule has 0 N–H and O–H groups in total. The molecule has 5 aromatic rings. The molecule has 2 nitrogen and oxygen atoms in total. The normalized spacial score (nSPS) is 17.9. The molecule has 41 heavy (non-hydrogen) atoms. The molecule has 0 fully saturated rings.